The molecular formula is C14H28N2O. The van der Waals surface area contributed by atoms with Crippen LogP contribution in [0.4, 0.5) is 0 Å². The summed E-state index contributed by atoms with van der Waals surface area (Å²) in [6.45, 7) is 10.6. The van der Waals surface area contributed by atoms with Gasteiger partial charge in [0.2, 0.25) is 5.91 Å². The first-order valence-corrected chi connectivity index (χ1v) is 6.81. The smallest absolute Gasteiger partial charge is 0.224 e. The van der Waals surface area contributed by atoms with E-state index in [-0.39, 0.29) is 17.4 Å². The van der Waals surface area contributed by atoms with Crippen molar-refractivity contribution < 1.29 is 4.79 Å². The molecule has 0 aromatic carbocycles. The van der Waals surface area contributed by atoms with Gasteiger partial charge in [0, 0.05) is 25.6 Å². The molecule has 1 saturated heterocycles. The van der Waals surface area contributed by atoms with Crippen LogP contribution in [-0.2, 0) is 4.79 Å². The van der Waals surface area contributed by atoms with E-state index in [0.29, 0.717) is 12.3 Å². The average molecular weight is 240 g/mol. The molecule has 0 spiro atoms. The largest absolute Gasteiger partial charge is 0.342 e. The molecule has 0 aliphatic carbocycles. The summed E-state index contributed by atoms with van der Waals surface area (Å²) in [5, 5.41) is 0. The average Bonchev–Trinajstić information content (AvgIpc) is 2.14. The zero-order chi connectivity index (χ0) is 13.1. The minimum atomic E-state index is -0.000248. The molecule has 3 nitrogen and oxygen atoms in total. The molecule has 0 radical (unpaired) electrons. The number of likely N-dealkylation sites (tertiary alicyclic amines) is 1. The van der Waals surface area contributed by atoms with Gasteiger partial charge >= 0.3 is 0 Å². The number of rotatable bonds is 3. The van der Waals surface area contributed by atoms with Crippen LogP contribution in [0.15, 0.2) is 0 Å². The molecule has 0 aromatic heterocycles. The second kappa shape index (κ2) is 5.85. The number of hydrogen-bond acceptors (Lipinski definition) is 2. The topological polar surface area (TPSA) is 46.3 Å². The van der Waals surface area contributed by atoms with Gasteiger partial charge in [-0.2, -0.15) is 0 Å². The fourth-order valence-electron chi connectivity index (χ4n) is 2.63. The van der Waals surface area contributed by atoms with E-state index in [1.165, 1.54) is 6.42 Å². The first-order valence-electron chi connectivity index (χ1n) is 6.81. The van der Waals surface area contributed by atoms with Crippen molar-refractivity contribution in [3.05, 3.63) is 0 Å². The Morgan fingerprint density at radius 1 is 1.47 bits per heavy atom. The zero-order valence-electron chi connectivity index (χ0n) is 11.8. The molecular weight excluding hydrogens is 212 g/mol. The van der Waals surface area contributed by atoms with E-state index in [2.05, 4.69) is 27.7 Å². The maximum atomic E-state index is 12.1. The Morgan fingerprint density at radius 2 is 2.12 bits per heavy atom. The van der Waals surface area contributed by atoms with Crippen LogP contribution in [0.5, 0.6) is 0 Å². The van der Waals surface area contributed by atoms with Crippen LogP contribution in [0.2, 0.25) is 0 Å². The van der Waals surface area contributed by atoms with Crippen molar-refractivity contribution >= 4 is 5.91 Å². The quantitative estimate of drug-likeness (QED) is 0.823. The van der Waals surface area contributed by atoms with Gasteiger partial charge in [-0.25, -0.2) is 0 Å². The van der Waals surface area contributed by atoms with Crippen molar-refractivity contribution in [3.8, 4) is 0 Å². The highest BCUT2D eigenvalue weighted by molar-refractivity contribution is 5.76. The molecule has 1 amide bonds. The SMILES string of the molecule is CC1CCCN(C(=O)CC(N)CC(C)(C)C)C1. The van der Waals surface area contributed by atoms with Crippen LogP contribution < -0.4 is 5.73 Å². The Morgan fingerprint density at radius 3 is 2.65 bits per heavy atom. The molecule has 1 aliphatic heterocycles. The molecule has 1 rings (SSSR count). The minimum Gasteiger partial charge on any atom is -0.342 e. The summed E-state index contributed by atoms with van der Waals surface area (Å²) in [7, 11) is 0. The molecule has 2 unspecified atom stereocenters. The second-order valence-electron chi connectivity index (χ2n) is 6.82. The molecule has 0 saturated carbocycles. The van der Waals surface area contributed by atoms with E-state index in [9.17, 15) is 4.79 Å². The highest BCUT2D eigenvalue weighted by atomic mass is 16.2. The normalized spacial score (nSPS) is 23.6. The number of nitrogens with two attached hydrogens (primary N) is 1. The standard InChI is InChI=1S/C14H28N2O/c1-11-6-5-7-16(10-11)13(17)8-12(15)9-14(2,3)4/h11-12H,5-10,15H2,1-4H3. The molecule has 1 aliphatic rings. The third-order valence-corrected chi connectivity index (χ3v) is 3.32. The number of carbonyl (C=O) groups excluding carboxylic acids is 1. The van der Waals surface area contributed by atoms with Crippen molar-refractivity contribution in [1.82, 2.24) is 4.90 Å². The summed E-state index contributed by atoms with van der Waals surface area (Å²) < 4.78 is 0. The third kappa shape index (κ3) is 5.53. The summed E-state index contributed by atoms with van der Waals surface area (Å²) in [6, 6.07) is -0.000248. The van der Waals surface area contributed by atoms with Crippen LogP contribution in [0.1, 0.15) is 53.4 Å². The Hall–Kier alpha value is -0.570. The predicted octanol–water partition coefficient (Wildman–Crippen LogP) is 2.40. The fraction of sp³-hybridized carbons (Fsp3) is 0.929. The lowest BCUT2D eigenvalue weighted by Gasteiger charge is -2.32. The van der Waals surface area contributed by atoms with Gasteiger partial charge in [-0.05, 0) is 30.6 Å². The molecule has 2 atom stereocenters. The first-order chi connectivity index (χ1) is 7.78. The highest BCUT2D eigenvalue weighted by Crippen LogP contribution is 2.22. The van der Waals surface area contributed by atoms with E-state index in [1.807, 2.05) is 4.90 Å². The molecule has 1 fully saturated rings. The van der Waals surface area contributed by atoms with Crippen LogP contribution in [-0.4, -0.2) is 29.9 Å². The van der Waals surface area contributed by atoms with Gasteiger partial charge < -0.3 is 10.6 Å². The van der Waals surface area contributed by atoms with E-state index in [1.54, 1.807) is 0 Å². The van der Waals surface area contributed by atoms with Gasteiger partial charge in [0.1, 0.15) is 0 Å². The lowest BCUT2D eigenvalue weighted by atomic mass is 9.87. The predicted molar refractivity (Wildman–Crippen MR) is 71.6 cm³/mol. The summed E-state index contributed by atoms with van der Waals surface area (Å²) in [4.78, 5) is 14.1. The summed E-state index contributed by atoms with van der Waals surface area (Å²) in [6.07, 6.45) is 3.80. The zero-order valence-corrected chi connectivity index (χ0v) is 11.8. The van der Waals surface area contributed by atoms with Gasteiger partial charge in [0.25, 0.3) is 0 Å². The second-order valence-corrected chi connectivity index (χ2v) is 6.82. The van der Waals surface area contributed by atoms with E-state index >= 15 is 0 Å². The van der Waals surface area contributed by atoms with E-state index in [0.717, 1.165) is 25.9 Å². The first kappa shape index (κ1) is 14.5. The maximum Gasteiger partial charge on any atom is 0.224 e. The highest BCUT2D eigenvalue weighted by Gasteiger charge is 2.24. The van der Waals surface area contributed by atoms with Gasteiger partial charge in [0.15, 0.2) is 0 Å². The third-order valence-electron chi connectivity index (χ3n) is 3.32. The van der Waals surface area contributed by atoms with E-state index in [4.69, 9.17) is 5.73 Å². The Balaban J connectivity index is 2.38. The number of hydrogen-bond donors (Lipinski definition) is 1. The Bertz CT molecular complexity index is 257. The number of amides is 1. The number of carbonyl (C=O) groups is 1. The lowest BCUT2D eigenvalue weighted by molar-refractivity contribution is -0.133. The summed E-state index contributed by atoms with van der Waals surface area (Å²) in [5.41, 5.74) is 6.26. The monoisotopic (exact) mass is 240 g/mol. The van der Waals surface area contributed by atoms with Crippen LogP contribution in [0, 0.1) is 11.3 Å². The van der Waals surface area contributed by atoms with Crippen molar-refractivity contribution in [2.75, 3.05) is 13.1 Å². The number of nitrogens with zero attached hydrogens (tertiary/aromatic N) is 1. The van der Waals surface area contributed by atoms with Gasteiger partial charge in [-0.3, -0.25) is 4.79 Å². The van der Waals surface area contributed by atoms with Gasteiger partial charge in [0.05, 0.1) is 0 Å². The fourth-order valence-corrected chi connectivity index (χ4v) is 2.63. The molecule has 3 heteroatoms. The molecule has 2 N–H and O–H groups in total. The Labute approximate surface area is 106 Å². The van der Waals surface area contributed by atoms with Crippen molar-refractivity contribution in [2.24, 2.45) is 17.1 Å². The van der Waals surface area contributed by atoms with Crippen molar-refractivity contribution in [2.45, 2.75) is 59.4 Å². The molecule has 0 bridgehead atoms. The van der Waals surface area contributed by atoms with Gasteiger partial charge in [-0.15, -0.1) is 0 Å². The van der Waals surface area contributed by atoms with Crippen LogP contribution in [0.3, 0.4) is 0 Å². The van der Waals surface area contributed by atoms with Crippen molar-refractivity contribution in [3.63, 3.8) is 0 Å². The summed E-state index contributed by atoms with van der Waals surface area (Å²) >= 11 is 0. The number of piperidine rings is 1. The Kier molecular flexibility index (Phi) is 4.99. The molecule has 0 aromatic rings. The van der Waals surface area contributed by atoms with Crippen molar-refractivity contribution in [1.29, 1.82) is 0 Å². The van der Waals surface area contributed by atoms with Crippen LogP contribution in [0.25, 0.3) is 0 Å². The molecule has 100 valence electrons. The summed E-state index contributed by atoms with van der Waals surface area (Å²) in [5.74, 6) is 0.889. The molecule has 17 heavy (non-hydrogen) atoms. The minimum absolute atomic E-state index is 0.000248. The molecule has 1 heterocycles. The van der Waals surface area contributed by atoms with Crippen LogP contribution >= 0.6 is 0 Å². The maximum absolute atomic E-state index is 12.1. The lowest BCUT2D eigenvalue weighted by Crippen LogP contribution is -2.42. The van der Waals surface area contributed by atoms with Gasteiger partial charge in [-0.1, -0.05) is 27.7 Å². The van der Waals surface area contributed by atoms with E-state index < -0.39 is 0 Å².